The lowest BCUT2D eigenvalue weighted by molar-refractivity contribution is -0.138. The van der Waals surface area contributed by atoms with Gasteiger partial charge < -0.3 is 26.2 Å². The van der Waals surface area contributed by atoms with E-state index in [1.165, 1.54) is 0 Å². The number of aliphatic hydroxyl groups is 2. The molecule has 1 aromatic rings. The lowest BCUT2D eigenvalue weighted by Gasteiger charge is -2.03. The van der Waals surface area contributed by atoms with Crippen LogP contribution in [-0.4, -0.2) is 63.3 Å². The molecule has 3 amide bonds. The lowest BCUT2D eigenvalue weighted by atomic mass is 10.2. The highest BCUT2D eigenvalue weighted by molar-refractivity contribution is 14.1. The molecule has 1 saturated heterocycles. The summed E-state index contributed by atoms with van der Waals surface area (Å²) in [6, 6.07) is 3.87. The molecule has 11 nitrogen and oxygen atoms in total. The quantitative estimate of drug-likeness (QED) is 0.182. The lowest BCUT2D eigenvalue weighted by Crippen LogP contribution is -2.18. The Morgan fingerprint density at radius 3 is 1.47 bits per heavy atom. The van der Waals surface area contributed by atoms with Crippen molar-refractivity contribution in [1.29, 1.82) is 0 Å². The minimum atomic E-state index is -0.948. The molecule has 7 N–H and O–H groups in total. The average molecular weight is 792 g/mol. The topological polar surface area (TPSA) is 204 Å². The molecule has 0 aromatic heterocycles. The minimum Gasteiger partial charge on any atom is -0.481 e. The van der Waals surface area contributed by atoms with E-state index in [0.29, 0.717) is 18.4 Å². The third kappa shape index (κ3) is 18.5. The van der Waals surface area contributed by atoms with Crippen LogP contribution in [0.3, 0.4) is 0 Å². The van der Waals surface area contributed by atoms with Gasteiger partial charge in [0.25, 0.3) is 5.91 Å². The van der Waals surface area contributed by atoms with Crippen LogP contribution in [0.2, 0.25) is 0 Å². The Labute approximate surface area is 224 Å². The first-order valence-corrected chi connectivity index (χ1v) is 12.0. The maximum Gasteiger partial charge on any atom is 0.303 e. The first-order valence-electron chi connectivity index (χ1n) is 8.77. The van der Waals surface area contributed by atoms with Crippen LogP contribution in [-0.2, 0) is 19.2 Å². The molecule has 0 atom stereocenters. The van der Waals surface area contributed by atoms with Crippen molar-refractivity contribution in [2.75, 3.05) is 13.2 Å². The van der Waals surface area contributed by atoms with Gasteiger partial charge >= 0.3 is 11.9 Å². The van der Waals surface area contributed by atoms with Crippen molar-refractivity contribution in [2.24, 2.45) is 5.73 Å². The fourth-order valence-electron chi connectivity index (χ4n) is 1.68. The molecule has 1 aliphatic rings. The normalized spacial score (nSPS) is 11.5. The van der Waals surface area contributed by atoms with Crippen LogP contribution in [0.5, 0.6) is 0 Å². The van der Waals surface area contributed by atoms with Crippen molar-refractivity contribution >= 4 is 97.4 Å². The van der Waals surface area contributed by atoms with Crippen LogP contribution in [0, 0.1) is 10.7 Å². The maximum atomic E-state index is 11.0. The molecule has 0 unspecified atom stereocenters. The largest absolute Gasteiger partial charge is 0.481 e. The van der Waals surface area contributed by atoms with Gasteiger partial charge in [0, 0.05) is 36.4 Å². The number of imide groups is 1. The molecule has 1 aliphatic heterocycles. The number of aliphatic carboxylic acids is 2. The summed E-state index contributed by atoms with van der Waals surface area (Å²) in [5.41, 5.74) is 5.84. The second-order valence-corrected chi connectivity index (χ2v) is 9.24. The predicted octanol–water partition coefficient (Wildman–Crippen LogP) is 1.32. The first kappa shape index (κ1) is 33.1. The van der Waals surface area contributed by atoms with Gasteiger partial charge in [-0.1, -0.05) is 0 Å². The van der Waals surface area contributed by atoms with E-state index in [9.17, 15) is 24.0 Å². The van der Waals surface area contributed by atoms with Crippen molar-refractivity contribution in [3.8, 4) is 0 Å². The van der Waals surface area contributed by atoms with Crippen LogP contribution in [0.1, 0.15) is 42.5 Å². The standard InChI is InChI=1S/C7H4I3NO.C5H8O4.C4H5NO2.C2H6O2/c8-3-1-4(9)6(7(11)12)5(10)2-3;6-4(7)2-1-3-5(8)9;6-3-1-2-4(7)5-3;3-1-2-4/h1-2H,(H2,11,12);1-3H2,(H,6,7)(H,8,9);1-2H2,(H,5,6,7);3-4H,1-2H2. The summed E-state index contributed by atoms with van der Waals surface area (Å²) >= 11 is 6.44. The molecule has 0 spiro atoms. The van der Waals surface area contributed by atoms with E-state index in [1.807, 2.05) is 12.1 Å². The molecular weight excluding hydrogens is 769 g/mol. The zero-order valence-electron chi connectivity index (χ0n) is 16.6. The predicted molar refractivity (Wildman–Crippen MR) is 139 cm³/mol. The Balaban J connectivity index is 0. The highest BCUT2D eigenvalue weighted by Gasteiger charge is 2.15. The van der Waals surface area contributed by atoms with Crippen LogP contribution >= 0.6 is 67.8 Å². The minimum absolute atomic E-state index is 0.0632. The van der Waals surface area contributed by atoms with E-state index in [-0.39, 0.29) is 50.2 Å². The summed E-state index contributed by atoms with van der Waals surface area (Å²) < 4.78 is 2.94. The Bertz CT molecular complexity index is 751. The van der Waals surface area contributed by atoms with Crippen LogP contribution < -0.4 is 11.1 Å². The molecule has 1 fully saturated rings. The van der Waals surface area contributed by atoms with Crippen LogP contribution in [0.25, 0.3) is 0 Å². The van der Waals surface area contributed by atoms with E-state index >= 15 is 0 Å². The van der Waals surface area contributed by atoms with E-state index in [0.717, 1.165) is 10.7 Å². The summed E-state index contributed by atoms with van der Waals surface area (Å²) in [6.07, 6.45) is 0.834. The Kier molecular flexibility index (Phi) is 20.0. The molecule has 1 aromatic carbocycles. The summed E-state index contributed by atoms with van der Waals surface area (Å²) in [5.74, 6) is -2.55. The molecule has 32 heavy (non-hydrogen) atoms. The van der Waals surface area contributed by atoms with E-state index in [2.05, 4.69) is 73.1 Å². The number of hydrogen-bond acceptors (Lipinski definition) is 7. The molecule has 0 aliphatic carbocycles. The number of carboxylic acid groups (broad SMARTS) is 2. The van der Waals surface area contributed by atoms with Crippen molar-refractivity contribution < 1.29 is 44.4 Å². The Morgan fingerprint density at radius 2 is 1.25 bits per heavy atom. The van der Waals surface area contributed by atoms with Crippen LogP contribution in [0.4, 0.5) is 0 Å². The number of nitrogens with one attached hydrogen (secondary N) is 1. The van der Waals surface area contributed by atoms with Gasteiger partial charge in [0.15, 0.2) is 0 Å². The highest BCUT2D eigenvalue weighted by atomic mass is 127. The number of benzene rings is 1. The number of primary amides is 1. The maximum absolute atomic E-state index is 11.0. The third-order valence-corrected chi connectivity index (χ3v) is 5.32. The van der Waals surface area contributed by atoms with Crippen molar-refractivity contribution in [3.05, 3.63) is 28.4 Å². The zero-order valence-corrected chi connectivity index (χ0v) is 23.1. The first-order chi connectivity index (χ1) is 14.8. The van der Waals surface area contributed by atoms with Gasteiger partial charge in [-0.15, -0.1) is 0 Å². The van der Waals surface area contributed by atoms with Gasteiger partial charge in [-0.3, -0.25) is 29.3 Å². The number of carbonyl (C=O) groups excluding carboxylic acids is 3. The van der Waals surface area contributed by atoms with Gasteiger partial charge in [-0.25, -0.2) is 0 Å². The van der Waals surface area contributed by atoms with Gasteiger partial charge in [-0.05, 0) is 86.3 Å². The molecule has 0 bridgehead atoms. The van der Waals surface area contributed by atoms with Gasteiger partial charge in [0.2, 0.25) is 11.8 Å². The second kappa shape index (κ2) is 19.4. The molecule has 180 valence electrons. The van der Waals surface area contributed by atoms with Crippen molar-refractivity contribution in [1.82, 2.24) is 5.32 Å². The van der Waals surface area contributed by atoms with Gasteiger partial charge in [0.05, 0.1) is 18.8 Å². The molecule has 0 radical (unpaired) electrons. The third-order valence-electron chi connectivity index (χ3n) is 2.99. The Hall–Kier alpha value is -1.12. The Morgan fingerprint density at radius 1 is 0.875 bits per heavy atom. The molecule has 14 heteroatoms. The fourth-order valence-corrected chi connectivity index (χ4v) is 5.79. The van der Waals surface area contributed by atoms with E-state index in [1.54, 1.807) is 0 Å². The zero-order chi connectivity index (χ0) is 25.3. The van der Waals surface area contributed by atoms with Crippen molar-refractivity contribution in [2.45, 2.75) is 32.1 Å². The summed E-state index contributed by atoms with van der Waals surface area (Å²) in [6.45, 7) is -0.250. The summed E-state index contributed by atoms with van der Waals surface area (Å²) in [4.78, 5) is 50.8. The highest BCUT2D eigenvalue weighted by Crippen LogP contribution is 2.21. The number of nitrogens with two attached hydrogens (primary N) is 1. The fraction of sp³-hybridized carbons (Fsp3) is 0.389. The second-order valence-electron chi connectivity index (χ2n) is 5.67. The number of hydrogen-bond donors (Lipinski definition) is 6. The average Bonchev–Trinajstić information content (AvgIpc) is 3.04. The van der Waals surface area contributed by atoms with E-state index in [4.69, 9.17) is 26.2 Å². The van der Waals surface area contributed by atoms with E-state index < -0.39 is 11.9 Å². The molecular formula is C18H23I3N2O9. The van der Waals surface area contributed by atoms with Crippen molar-refractivity contribution in [3.63, 3.8) is 0 Å². The summed E-state index contributed by atoms with van der Waals surface area (Å²) in [5, 5.41) is 33.5. The monoisotopic (exact) mass is 792 g/mol. The molecule has 0 saturated carbocycles. The number of aliphatic hydroxyl groups excluding tert-OH is 2. The van der Waals surface area contributed by atoms with Crippen LogP contribution in [0.15, 0.2) is 12.1 Å². The number of carboxylic acids is 2. The SMILES string of the molecule is NC(=O)c1c(I)cc(I)cc1I.O=C(O)CCCC(=O)O.O=C1CCC(=O)N1.OCCO. The molecule has 2 rings (SSSR count). The van der Waals surface area contributed by atoms with Gasteiger partial charge in [0.1, 0.15) is 0 Å². The smallest absolute Gasteiger partial charge is 0.303 e. The molecule has 1 heterocycles. The summed E-state index contributed by atoms with van der Waals surface area (Å²) in [7, 11) is 0. The van der Waals surface area contributed by atoms with Gasteiger partial charge in [-0.2, -0.15) is 0 Å². The number of amides is 3. The number of halogens is 3. The number of rotatable bonds is 6. The number of carbonyl (C=O) groups is 5.